The minimum atomic E-state index is -1.71. The lowest BCUT2D eigenvalue weighted by Gasteiger charge is -2.06. The fraction of sp³-hybridized carbons (Fsp3) is 0. The Bertz CT molecular complexity index is 494. The summed E-state index contributed by atoms with van der Waals surface area (Å²) < 4.78 is 0. The Balaban J connectivity index is 0.00000256. The SMILES string of the molecule is O=C(O)c1ccc(C(=O)O)c(C(=O)O)c1O.[Al]. The molecule has 0 aromatic heterocycles. The second-order valence-corrected chi connectivity index (χ2v) is 2.80. The van der Waals surface area contributed by atoms with Gasteiger partial charge in [0.15, 0.2) is 0 Å². The molecule has 1 rings (SSSR count). The maximum absolute atomic E-state index is 10.7. The molecule has 1 aromatic rings. The lowest BCUT2D eigenvalue weighted by molar-refractivity contribution is 0.0645. The zero-order valence-corrected chi connectivity index (χ0v) is 9.40. The van der Waals surface area contributed by atoms with Crippen molar-refractivity contribution in [3.8, 4) is 5.75 Å². The molecular formula is C9H6AlO7. The standard InChI is InChI=1S/C9H6O7.Al/c10-6-4(8(13)14)2-1-3(7(11)12)5(6)9(15)16;/h1-2,10H,(H,11,12)(H,13,14)(H,15,16);. The van der Waals surface area contributed by atoms with E-state index in [2.05, 4.69) is 0 Å². The van der Waals surface area contributed by atoms with Gasteiger partial charge in [-0.05, 0) is 12.1 Å². The van der Waals surface area contributed by atoms with Gasteiger partial charge in [0.25, 0.3) is 0 Å². The van der Waals surface area contributed by atoms with Crippen molar-refractivity contribution in [2.75, 3.05) is 0 Å². The molecule has 0 aliphatic rings. The van der Waals surface area contributed by atoms with Crippen LogP contribution in [0.5, 0.6) is 5.75 Å². The Kier molecular flexibility index (Phi) is 4.70. The summed E-state index contributed by atoms with van der Waals surface area (Å²) in [5, 5.41) is 35.3. The Labute approximate surface area is 105 Å². The number of hydrogen-bond donors (Lipinski definition) is 4. The molecule has 0 bridgehead atoms. The largest absolute Gasteiger partial charge is 0.506 e. The maximum atomic E-state index is 10.7. The van der Waals surface area contributed by atoms with Gasteiger partial charge in [-0.2, -0.15) is 0 Å². The summed E-state index contributed by atoms with van der Waals surface area (Å²) in [5.41, 5.74) is -2.27. The molecule has 0 aliphatic carbocycles. The summed E-state index contributed by atoms with van der Waals surface area (Å²) in [6, 6.07) is 1.64. The van der Waals surface area contributed by atoms with Gasteiger partial charge >= 0.3 is 17.9 Å². The summed E-state index contributed by atoms with van der Waals surface area (Å²) >= 11 is 0. The average molecular weight is 253 g/mol. The van der Waals surface area contributed by atoms with Crippen molar-refractivity contribution < 1.29 is 34.8 Å². The molecule has 7 nitrogen and oxygen atoms in total. The van der Waals surface area contributed by atoms with Gasteiger partial charge in [-0.25, -0.2) is 14.4 Å². The van der Waals surface area contributed by atoms with Crippen LogP contribution in [-0.2, 0) is 0 Å². The van der Waals surface area contributed by atoms with Crippen LogP contribution in [0.25, 0.3) is 0 Å². The molecule has 17 heavy (non-hydrogen) atoms. The summed E-state index contributed by atoms with van der Waals surface area (Å²) in [7, 11) is 0. The smallest absolute Gasteiger partial charge is 0.340 e. The van der Waals surface area contributed by atoms with Crippen molar-refractivity contribution in [3.05, 3.63) is 28.8 Å². The second kappa shape index (κ2) is 5.34. The Morgan fingerprint density at radius 3 is 1.59 bits per heavy atom. The van der Waals surface area contributed by atoms with E-state index in [1.807, 2.05) is 0 Å². The molecule has 0 saturated carbocycles. The van der Waals surface area contributed by atoms with E-state index in [0.29, 0.717) is 0 Å². The van der Waals surface area contributed by atoms with Gasteiger partial charge in [-0.15, -0.1) is 0 Å². The molecule has 0 atom stereocenters. The van der Waals surface area contributed by atoms with Gasteiger partial charge in [0, 0.05) is 17.4 Å². The number of aromatic hydroxyl groups is 1. The topological polar surface area (TPSA) is 132 Å². The van der Waals surface area contributed by atoms with Crippen molar-refractivity contribution in [3.63, 3.8) is 0 Å². The molecule has 0 unspecified atom stereocenters. The van der Waals surface area contributed by atoms with E-state index < -0.39 is 40.3 Å². The van der Waals surface area contributed by atoms with Crippen LogP contribution in [0.2, 0.25) is 0 Å². The predicted molar refractivity (Wildman–Crippen MR) is 54.7 cm³/mol. The molecule has 0 spiro atoms. The Morgan fingerprint density at radius 2 is 1.24 bits per heavy atom. The van der Waals surface area contributed by atoms with Crippen LogP contribution in [0, 0.1) is 0 Å². The monoisotopic (exact) mass is 253 g/mol. The number of carboxylic acids is 3. The van der Waals surface area contributed by atoms with Gasteiger partial charge in [-0.3, -0.25) is 0 Å². The number of carboxylic acid groups (broad SMARTS) is 3. The fourth-order valence-corrected chi connectivity index (χ4v) is 1.16. The normalized spacial score (nSPS) is 9.18. The van der Waals surface area contributed by atoms with Gasteiger partial charge in [0.1, 0.15) is 16.9 Å². The van der Waals surface area contributed by atoms with E-state index in [9.17, 15) is 19.5 Å². The lowest BCUT2D eigenvalue weighted by atomic mass is 10.0. The molecule has 1 aromatic carbocycles. The highest BCUT2D eigenvalue weighted by Gasteiger charge is 2.24. The molecule has 87 valence electrons. The van der Waals surface area contributed by atoms with E-state index in [4.69, 9.17) is 15.3 Å². The Hall–Kier alpha value is -2.04. The van der Waals surface area contributed by atoms with Gasteiger partial charge in [0.05, 0.1) is 5.56 Å². The van der Waals surface area contributed by atoms with Crippen molar-refractivity contribution in [2.24, 2.45) is 0 Å². The van der Waals surface area contributed by atoms with Gasteiger partial charge in [-0.1, -0.05) is 0 Å². The van der Waals surface area contributed by atoms with Crippen LogP contribution in [-0.4, -0.2) is 55.7 Å². The maximum Gasteiger partial charge on any atom is 0.340 e. The molecule has 0 fully saturated rings. The molecular weight excluding hydrogens is 247 g/mol. The van der Waals surface area contributed by atoms with Crippen LogP contribution in [0.3, 0.4) is 0 Å². The van der Waals surface area contributed by atoms with Crippen molar-refractivity contribution in [1.29, 1.82) is 0 Å². The first-order valence-corrected chi connectivity index (χ1v) is 3.92. The summed E-state index contributed by atoms with van der Waals surface area (Å²) in [5.74, 6) is -5.89. The van der Waals surface area contributed by atoms with Crippen LogP contribution in [0.15, 0.2) is 12.1 Å². The highest BCUT2D eigenvalue weighted by Crippen LogP contribution is 2.26. The number of rotatable bonds is 3. The molecule has 0 amide bonds. The average Bonchev–Trinajstić information content (AvgIpc) is 2.15. The van der Waals surface area contributed by atoms with Crippen LogP contribution < -0.4 is 0 Å². The first-order chi connectivity index (χ1) is 7.36. The number of carbonyl (C=O) groups is 3. The van der Waals surface area contributed by atoms with Crippen LogP contribution >= 0.6 is 0 Å². The molecule has 8 heteroatoms. The van der Waals surface area contributed by atoms with E-state index in [0.717, 1.165) is 12.1 Å². The minimum Gasteiger partial charge on any atom is -0.506 e. The molecule has 4 N–H and O–H groups in total. The summed E-state index contributed by atoms with van der Waals surface area (Å²) in [4.78, 5) is 31.9. The second-order valence-electron chi connectivity index (χ2n) is 2.80. The fourth-order valence-electron chi connectivity index (χ4n) is 1.16. The number of phenols is 1. The van der Waals surface area contributed by atoms with Crippen molar-refractivity contribution in [2.45, 2.75) is 0 Å². The zero-order chi connectivity index (χ0) is 12.5. The number of aromatic carboxylic acids is 3. The van der Waals surface area contributed by atoms with Crippen LogP contribution in [0.1, 0.15) is 31.1 Å². The molecule has 0 saturated heterocycles. The number of benzene rings is 1. The first kappa shape index (κ1) is 15.0. The molecule has 0 heterocycles. The third-order valence-corrected chi connectivity index (χ3v) is 1.85. The third kappa shape index (κ3) is 2.75. The first-order valence-electron chi connectivity index (χ1n) is 3.92. The highest BCUT2D eigenvalue weighted by atomic mass is 27.0. The van der Waals surface area contributed by atoms with E-state index in [1.54, 1.807) is 0 Å². The quantitative estimate of drug-likeness (QED) is 0.561. The third-order valence-electron chi connectivity index (χ3n) is 1.85. The molecule has 0 aliphatic heterocycles. The van der Waals surface area contributed by atoms with Gasteiger partial charge in [0.2, 0.25) is 0 Å². The van der Waals surface area contributed by atoms with Gasteiger partial charge < -0.3 is 20.4 Å². The number of hydrogen-bond acceptors (Lipinski definition) is 4. The van der Waals surface area contributed by atoms with E-state index in [-0.39, 0.29) is 17.4 Å². The lowest BCUT2D eigenvalue weighted by Crippen LogP contribution is -2.11. The zero-order valence-electron chi connectivity index (χ0n) is 8.25. The molecule has 3 radical (unpaired) electrons. The minimum absolute atomic E-state index is 0. The summed E-state index contributed by atoms with van der Waals surface area (Å²) in [6.07, 6.45) is 0. The Morgan fingerprint density at radius 1 is 0.824 bits per heavy atom. The van der Waals surface area contributed by atoms with Crippen LogP contribution in [0.4, 0.5) is 0 Å². The van der Waals surface area contributed by atoms with Crippen molar-refractivity contribution >= 4 is 35.3 Å². The van der Waals surface area contributed by atoms with E-state index >= 15 is 0 Å². The van der Waals surface area contributed by atoms with Crippen molar-refractivity contribution in [1.82, 2.24) is 0 Å². The predicted octanol–water partition coefficient (Wildman–Crippen LogP) is 0.106. The summed E-state index contributed by atoms with van der Waals surface area (Å²) in [6.45, 7) is 0. The van der Waals surface area contributed by atoms with E-state index in [1.165, 1.54) is 0 Å². The highest BCUT2D eigenvalue weighted by molar-refractivity contribution is 6.06.